The molecular formula is C11H13NO2S2. The van der Waals surface area contributed by atoms with Crippen LogP contribution in [0.5, 0.6) is 0 Å². The van der Waals surface area contributed by atoms with Crippen molar-refractivity contribution in [2.24, 2.45) is 0 Å². The molecule has 3 nitrogen and oxygen atoms in total. The van der Waals surface area contributed by atoms with Gasteiger partial charge < -0.3 is 5.32 Å². The van der Waals surface area contributed by atoms with Gasteiger partial charge in [-0.1, -0.05) is 0 Å². The Hall–Kier alpha value is -0.810. The number of carbonyl (C=O) groups excluding carboxylic acids is 2. The van der Waals surface area contributed by atoms with E-state index in [2.05, 4.69) is 5.32 Å². The third kappa shape index (κ3) is 2.30. The highest BCUT2D eigenvalue weighted by Gasteiger charge is 2.23. The summed E-state index contributed by atoms with van der Waals surface area (Å²) in [4.78, 5) is 24.0. The Morgan fingerprint density at radius 1 is 1.50 bits per heavy atom. The van der Waals surface area contributed by atoms with Gasteiger partial charge >= 0.3 is 0 Å². The maximum atomic E-state index is 11.8. The molecule has 86 valence electrons. The minimum absolute atomic E-state index is 0.0807. The number of hydrogen-bond donors (Lipinski definition) is 1. The summed E-state index contributed by atoms with van der Waals surface area (Å²) in [6, 6.07) is 1.85. The molecule has 0 unspecified atom stereocenters. The summed E-state index contributed by atoms with van der Waals surface area (Å²) in [6.45, 7) is 3.84. The zero-order chi connectivity index (χ0) is 11.7. The van der Waals surface area contributed by atoms with Crippen LogP contribution in [0, 0.1) is 0 Å². The van der Waals surface area contributed by atoms with Crippen LogP contribution in [0.1, 0.15) is 40.3 Å². The second-order valence-corrected chi connectivity index (χ2v) is 6.38. The fourth-order valence-corrected chi connectivity index (χ4v) is 3.86. The maximum absolute atomic E-state index is 11.8. The van der Waals surface area contributed by atoms with Gasteiger partial charge in [-0.25, -0.2) is 0 Å². The van der Waals surface area contributed by atoms with E-state index in [-0.39, 0.29) is 17.7 Å². The Morgan fingerprint density at radius 2 is 2.25 bits per heavy atom. The highest BCUT2D eigenvalue weighted by molar-refractivity contribution is 8.01. The molecule has 1 aromatic heterocycles. The number of ketones is 1. The third-order valence-electron chi connectivity index (χ3n) is 2.20. The zero-order valence-corrected chi connectivity index (χ0v) is 10.8. The van der Waals surface area contributed by atoms with Crippen LogP contribution in [0.15, 0.2) is 10.3 Å². The van der Waals surface area contributed by atoms with Crippen LogP contribution in [-0.4, -0.2) is 23.5 Å². The van der Waals surface area contributed by atoms with Crippen molar-refractivity contribution >= 4 is 34.8 Å². The molecule has 1 aromatic rings. The van der Waals surface area contributed by atoms with Crippen molar-refractivity contribution in [2.45, 2.75) is 30.5 Å². The highest BCUT2D eigenvalue weighted by atomic mass is 32.2. The van der Waals surface area contributed by atoms with Gasteiger partial charge in [0.05, 0.1) is 9.09 Å². The van der Waals surface area contributed by atoms with Crippen molar-refractivity contribution in [2.75, 3.05) is 5.75 Å². The highest BCUT2D eigenvalue weighted by Crippen LogP contribution is 2.37. The number of fused-ring (bicyclic) bond motifs is 1. The quantitative estimate of drug-likeness (QED) is 0.883. The SMILES string of the molecule is CC(C)NC(=O)c1cc2c(s1)SCCC2=O. The summed E-state index contributed by atoms with van der Waals surface area (Å²) in [7, 11) is 0. The average Bonchev–Trinajstić information content (AvgIpc) is 2.61. The van der Waals surface area contributed by atoms with Crippen molar-refractivity contribution in [1.29, 1.82) is 0 Å². The number of thioether (sulfide) groups is 1. The number of Topliss-reactive ketones (excluding diaryl/α,β-unsaturated/α-hetero) is 1. The number of carbonyl (C=O) groups is 2. The maximum Gasteiger partial charge on any atom is 0.261 e. The molecule has 1 amide bonds. The molecule has 2 heterocycles. The molecule has 0 spiro atoms. The second kappa shape index (κ2) is 4.59. The minimum atomic E-state index is -0.0807. The van der Waals surface area contributed by atoms with E-state index in [1.807, 2.05) is 13.8 Å². The molecule has 0 fully saturated rings. The zero-order valence-electron chi connectivity index (χ0n) is 9.20. The van der Waals surface area contributed by atoms with E-state index in [1.54, 1.807) is 17.8 Å². The lowest BCUT2D eigenvalue weighted by molar-refractivity contribution is 0.0947. The molecule has 1 aliphatic rings. The molecule has 1 aliphatic heterocycles. The number of amides is 1. The van der Waals surface area contributed by atoms with Gasteiger partial charge in [-0.2, -0.15) is 0 Å². The molecule has 16 heavy (non-hydrogen) atoms. The van der Waals surface area contributed by atoms with Gasteiger partial charge in [0.25, 0.3) is 5.91 Å². The fraction of sp³-hybridized carbons (Fsp3) is 0.455. The van der Waals surface area contributed by atoms with Crippen molar-refractivity contribution in [3.63, 3.8) is 0 Å². The normalized spacial score (nSPS) is 15.1. The van der Waals surface area contributed by atoms with Crippen molar-refractivity contribution in [3.8, 4) is 0 Å². The third-order valence-corrected chi connectivity index (χ3v) is 4.63. The van der Waals surface area contributed by atoms with Gasteiger partial charge in [0.15, 0.2) is 5.78 Å². The van der Waals surface area contributed by atoms with Crippen LogP contribution in [0.25, 0.3) is 0 Å². The first-order valence-electron chi connectivity index (χ1n) is 5.18. The molecule has 1 N–H and O–H groups in total. The molecule has 0 aliphatic carbocycles. The summed E-state index contributed by atoms with van der Waals surface area (Å²) < 4.78 is 0.991. The number of hydrogen-bond acceptors (Lipinski definition) is 4. The molecule has 0 atom stereocenters. The van der Waals surface area contributed by atoms with Gasteiger partial charge in [-0.05, 0) is 19.9 Å². The lowest BCUT2D eigenvalue weighted by Gasteiger charge is -2.07. The van der Waals surface area contributed by atoms with Crippen LogP contribution in [-0.2, 0) is 0 Å². The second-order valence-electron chi connectivity index (χ2n) is 3.96. The van der Waals surface area contributed by atoms with Crippen molar-refractivity contribution in [1.82, 2.24) is 5.32 Å². The van der Waals surface area contributed by atoms with Crippen LogP contribution in [0.4, 0.5) is 0 Å². The average molecular weight is 255 g/mol. The lowest BCUT2D eigenvalue weighted by Crippen LogP contribution is -2.29. The van der Waals surface area contributed by atoms with E-state index in [9.17, 15) is 9.59 Å². The van der Waals surface area contributed by atoms with Crippen molar-refractivity contribution in [3.05, 3.63) is 16.5 Å². The molecular weight excluding hydrogens is 242 g/mol. The first-order chi connectivity index (χ1) is 7.58. The van der Waals surface area contributed by atoms with Crippen LogP contribution in [0.2, 0.25) is 0 Å². The summed E-state index contributed by atoms with van der Waals surface area (Å²) in [5, 5.41) is 2.83. The van der Waals surface area contributed by atoms with Crippen LogP contribution < -0.4 is 5.32 Å². The first kappa shape index (κ1) is 11.7. The summed E-state index contributed by atoms with van der Waals surface area (Å²) in [5.41, 5.74) is 0.732. The van der Waals surface area contributed by atoms with Crippen LogP contribution in [0.3, 0.4) is 0 Å². The Labute approximate surface area is 103 Å². The van der Waals surface area contributed by atoms with Gasteiger partial charge in [0.1, 0.15) is 0 Å². The monoisotopic (exact) mass is 255 g/mol. The summed E-state index contributed by atoms with van der Waals surface area (Å²) >= 11 is 3.09. The van der Waals surface area contributed by atoms with Gasteiger partial charge in [-0.15, -0.1) is 23.1 Å². The topological polar surface area (TPSA) is 46.2 Å². The predicted octanol–water partition coefficient (Wildman–Crippen LogP) is 2.56. The molecule has 0 saturated carbocycles. The summed E-state index contributed by atoms with van der Waals surface area (Å²) in [5.74, 6) is 0.911. The van der Waals surface area contributed by atoms with E-state index in [0.29, 0.717) is 11.3 Å². The first-order valence-corrected chi connectivity index (χ1v) is 6.99. The Balaban J connectivity index is 2.24. The predicted molar refractivity (Wildman–Crippen MR) is 66.6 cm³/mol. The lowest BCUT2D eigenvalue weighted by atomic mass is 10.1. The largest absolute Gasteiger partial charge is 0.349 e. The van der Waals surface area contributed by atoms with Gasteiger partial charge in [0.2, 0.25) is 0 Å². The number of rotatable bonds is 2. The van der Waals surface area contributed by atoms with E-state index in [0.717, 1.165) is 15.5 Å². The Bertz CT molecular complexity index is 437. The van der Waals surface area contributed by atoms with E-state index in [4.69, 9.17) is 0 Å². The van der Waals surface area contributed by atoms with Gasteiger partial charge in [-0.3, -0.25) is 9.59 Å². The van der Waals surface area contributed by atoms with Gasteiger partial charge in [0, 0.05) is 23.8 Å². The molecule has 2 rings (SSSR count). The summed E-state index contributed by atoms with van der Waals surface area (Å²) in [6.07, 6.45) is 0.583. The standard InChI is InChI=1S/C11H13NO2S2/c1-6(2)12-10(14)9-5-7-8(13)3-4-15-11(7)16-9/h5-6H,3-4H2,1-2H3,(H,12,14). The Morgan fingerprint density at radius 3 is 2.88 bits per heavy atom. The van der Waals surface area contributed by atoms with E-state index >= 15 is 0 Å². The number of nitrogens with one attached hydrogen (secondary N) is 1. The number of thiophene rings is 1. The fourth-order valence-electron chi connectivity index (χ4n) is 1.49. The molecule has 0 radical (unpaired) electrons. The molecule has 0 aromatic carbocycles. The minimum Gasteiger partial charge on any atom is -0.349 e. The molecule has 0 bridgehead atoms. The molecule has 5 heteroatoms. The van der Waals surface area contributed by atoms with E-state index in [1.165, 1.54) is 11.3 Å². The van der Waals surface area contributed by atoms with Crippen LogP contribution >= 0.6 is 23.1 Å². The van der Waals surface area contributed by atoms with E-state index < -0.39 is 0 Å². The van der Waals surface area contributed by atoms with Crippen molar-refractivity contribution < 1.29 is 9.59 Å². The Kier molecular flexibility index (Phi) is 3.35. The smallest absolute Gasteiger partial charge is 0.261 e. The molecule has 0 saturated heterocycles.